The average molecular weight is 262 g/mol. The number of hydrogen-bond acceptors (Lipinski definition) is 6. The Morgan fingerprint density at radius 2 is 2.11 bits per heavy atom. The van der Waals surface area contributed by atoms with Crippen LogP contribution in [0.2, 0.25) is 0 Å². The van der Waals surface area contributed by atoms with Gasteiger partial charge >= 0.3 is 0 Å². The molecule has 3 rings (SSSR count). The minimum Gasteiger partial charge on any atom is -0.361 e. The first-order valence-electron chi connectivity index (χ1n) is 6.18. The Balaban J connectivity index is 1.63. The second kappa shape index (κ2) is 4.49. The van der Waals surface area contributed by atoms with E-state index in [1.54, 1.807) is 13.8 Å². The fourth-order valence-corrected chi connectivity index (χ4v) is 1.90. The lowest BCUT2D eigenvalue weighted by molar-refractivity contribution is 0.0944. The minimum atomic E-state index is -0.248. The van der Waals surface area contributed by atoms with Crippen molar-refractivity contribution in [2.24, 2.45) is 0 Å². The van der Waals surface area contributed by atoms with Crippen molar-refractivity contribution in [3.8, 4) is 0 Å². The number of aryl methyl sites for hydroxylation is 2. The Hall–Kier alpha value is -2.18. The van der Waals surface area contributed by atoms with Crippen molar-refractivity contribution in [2.75, 3.05) is 0 Å². The van der Waals surface area contributed by atoms with Crippen LogP contribution in [0.25, 0.3) is 0 Å². The fourth-order valence-electron chi connectivity index (χ4n) is 1.90. The topological polar surface area (TPSA) is 94.1 Å². The van der Waals surface area contributed by atoms with E-state index in [0.29, 0.717) is 28.8 Å². The SMILES string of the molecule is Cc1noc(C)c1C(=O)NCc1nc(C2CC2)no1. The van der Waals surface area contributed by atoms with Crippen molar-refractivity contribution in [3.63, 3.8) is 0 Å². The van der Waals surface area contributed by atoms with Crippen LogP contribution in [0, 0.1) is 13.8 Å². The molecule has 1 fully saturated rings. The molecule has 0 saturated heterocycles. The van der Waals surface area contributed by atoms with E-state index in [2.05, 4.69) is 20.6 Å². The lowest BCUT2D eigenvalue weighted by Gasteiger charge is -2.00. The Labute approximate surface area is 109 Å². The van der Waals surface area contributed by atoms with Crippen LogP contribution in [0.5, 0.6) is 0 Å². The quantitative estimate of drug-likeness (QED) is 0.896. The lowest BCUT2D eigenvalue weighted by Crippen LogP contribution is -2.24. The van der Waals surface area contributed by atoms with E-state index in [4.69, 9.17) is 9.05 Å². The number of hydrogen-bond donors (Lipinski definition) is 1. The van der Waals surface area contributed by atoms with E-state index in [9.17, 15) is 4.79 Å². The summed E-state index contributed by atoms with van der Waals surface area (Å²) in [4.78, 5) is 16.2. The summed E-state index contributed by atoms with van der Waals surface area (Å²) in [6, 6.07) is 0. The maximum absolute atomic E-state index is 12.0. The van der Waals surface area contributed by atoms with E-state index in [1.807, 2.05) is 0 Å². The number of carbonyl (C=O) groups is 1. The minimum absolute atomic E-state index is 0.211. The van der Waals surface area contributed by atoms with Gasteiger partial charge in [0.2, 0.25) is 5.89 Å². The van der Waals surface area contributed by atoms with Gasteiger partial charge in [0.1, 0.15) is 11.3 Å². The molecule has 1 saturated carbocycles. The molecule has 1 aliphatic carbocycles. The second-order valence-electron chi connectivity index (χ2n) is 4.70. The molecule has 100 valence electrons. The molecule has 0 spiro atoms. The molecule has 1 aliphatic rings. The summed E-state index contributed by atoms with van der Waals surface area (Å²) in [5, 5.41) is 10.3. The van der Waals surface area contributed by atoms with E-state index in [1.165, 1.54) is 0 Å². The summed E-state index contributed by atoms with van der Waals surface area (Å²) in [7, 11) is 0. The van der Waals surface area contributed by atoms with Gasteiger partial charge in [0.15, 0.2) is 5.82 Å². The van der Waals surface area contributed by atoms with Gasteiger partial charge in [0.25, 0.3) is 5.91 Å². The molecule has 19 heavy (non-hydrogen) atoms. The molecule has 0 bridgehead atoms. The molecular weight excluding hydrogens is 248 g/mol. The zero-order valence-corrected chi connectivity index (χ0v) is 10.8. The first-order valence-corrected chi connectivity index (χ1v) is 6.18. The first kappa shape index (κ1) is 11.9. The van der Waals surface area contributed by atoms with Gasteiger partial charge in [-0.15, -0.1) is 0 Å². The van der Waals surface area contributed by atoms with Crippen LogP contribution in [-0.2, 0) is 6.54 Å². The molecule has 0 radical (unpaired) electrons. The summed E-state index contributed by atoms with van der Waals surface area (Å²) in [6.07, 6.45) is 2.23. The molecule has 1 N–H and O–H groups in total. The van der Waals surface area contributed by atoms with Crippen molar-refractivity contribution in [3.05, 3.63) is 28.7 Å². The fraction of sp³-hybridized carbons (Fsp3) is 0.500. The van der Waals surface area contributed by atoms with E-state index >= 15 is 0 Å². The van der Waals surface area contributed by atoms with Gasteiger partial charge in [-0.3, -0.25) is 4.79 Å². The molecule has 0 unspecified atom stereocenters. The zero-order chi connectivity index (χ0) is 13.4. The highest BCUT2D eigenvalue weighted by molar-refractivity contribution is 5.95. The van der Waals surface area contributed by atoms with Crippen LogP contribution in [0.15, 0.2) is 9.05 Å². The van der Waals surface area contributed by atoms with Crippen molar-refractivity contribution < 1.29 is 13.8 Å². The number of nitrogens with one attached hydrogen (secondary N) is 1. The molecule has 2 aromatic heterocycles. The smallest absolute Gasteiger partial charge is 0.257 e. The van der Waals surface area contributed by atoms with Gasteiger partial charge in [-0.25, -0.2) is 0 Å². The summed E-state index contributed by atoms with van der Waals surface area (Å²) < 4.78 is 10.0. The van der Waals surface area contributed by atoms with Crippen LogP contribution >= 0.6 is 0 Å². The van der Waals surface area contributed by atoms with Crippen LogP contribution in [0.3, 0.4) is 0 Å². The number of aromatic nitrogens is 3. The maximum Gasteiger partial charge on any atom is 0.257 e. The molecular formula is C12H14N4O3. The van der Waals surface area contributed by atoms with Gasteiger partial charge in [0.05, 0.1) is 12.2 Å². The van der Waals surface area contributed by atoms with Crippen LogP contribution in [-0.4, -0.2) is 21.2 Å². The van der Waals surface area contributed by atoms with Crippen molar-refractivity contribution >= 4 is 5.91 Å². The third-order valence-corrected chi connectivity index (χ3v) is 3.09. The van der Waals surface area contributed by atoms with E-state index in [0.717, 1.165) is 18.7 Å². The highest BCUT2D eigenvalue weighted by atomic mass is 16.5. The monoisotopic (exact) mass is 262 g/mol. The Kier molecular flexibility index (Phi) is 2.81. The molecule has 7 nitrogen and oxygen atoms in total. The average Bonchev–Trinajstić information content (AvgIpc) is 3.04. The molecule has 1 amide bonds. The van der Waals surface area contributed by atoms with Crippen LogP contribution in [0.1, 0.15) is 52.3 Å². The van der Waals surface area contributed by atoms with Crippen molar-refractivity contribution in [1.82, 2.24) is 20.6 Å². The number of rotatable bonds is 4. The zero-order valence-electron chi connectivity index (χ0n) is 10.8. The summed E-state index contributed by atoms with van der Waals surface area (Å²) in [6.45, 7) is 3.64. The van der Waals surface area contributed by atoms with Crippen molar-refractivity contribution in [2.45, 2.75) is 39.2 Å². The Morgan fingerprint density at radius 3 is 2.74 bits per heavy atom. The highest BCUT2D eigenvalue weighted by Crippen LogP contribution is 2.38. The standard InChI is InChI=1S/C12H14N4O3/c1-6-10(7(2)18-15-6)12(17)13-5-9-14-11(16-19-9)8-3-4-8/h8H,3-5H2,1-2H3,(H,13,17). The van der Waals surface area contributed by atoms with Crippen LogP contribution < -0.4 is 5.32 Å². The van der Waals surface area contributed by atoms with Gasteiger partial charge in [-0.2, -0.15) is 4.98 Å². The lowest BCUT2D eigenvalue weighted by atomic mass is 10.2. The van der Waals surface area contributed by atoms with E-state index < -0.39 is 0 Å². The molecule has 0 atom stereocenters. The summed E-state index contributed by atoms with van der Waals surface area (Å²) in [5.41, 5.74) is 1.03. The van der Waals surface area contributed by atoms with Crippen molar-refractivity contribution in [1.29, 1.82) is 0 Å². The Morgan fingerprint density at radius 1 is 1.32 bits per heavy atom. The third-order valence-electron chi connectivity index (χ3n) is 3.09. The molecule has 0 aliphatic heterocycles. The number of carbonyl (C=O) groups excluding carboxylic acids is 1. The predicted molar refractivity (Wildman–Crippen MR) is 63.4 cm³/mol. The molecule has 2 aromatic rings. The second-order valence-corrected chi connectivity index (χ2v) is 4.70. The molecule has 0 aromatic carbocycles. The highest BCUT2D eigenvalue weighted by Gasteiger charge is 2.28. The largest absolute Gasteiger partial charge is 0.361 e. The van der Waals surface area contributed by atoms with Gasteiger partial charge in [-0.1, -0.05) is 10.3 Å². The van der Waals surface area contributed by atoms with Gasteiger partial charge < -0.3 is 14.4 Å². The summed E-state index contributed by atoms with van der Waals surface area (Å²) in [5.74, 6) is 1.85. The molecule has 7 heteroatoms. The third kappa shape index (κ3) is 2.35. The van der Waals surface area contributed by atoms with Crippen LogP contribution in [0.4, 0.5) is 0 Å². The summed E-state index contributed by atoms with van der Waals surface area (Å²) >= 11 is 0. The normalized spacial score (nSPS) is 14.6. The Bertz CT molecular complexity index is 593. The number of nitrogens with zero attached hydrogens (tertiary/aromatic N) is 3. The first-order chi connectivity index (χ1) is 9.15. The molecule has 2 heterocycles. The van der Waals surface area contributed by atoms with Gasteiger partial charge in [0, 0.05) is 5.92 Å². The van der Waals surface area contributed by atoms with E-state index in [-0.39, 0.29) is 12.5 Å². The predicted octanol–water partition coefficient (Wildman–Crippen LogP) is 1.48. The number of amides is 1. The van der Waals surface area contributed by atoms with Gasteiger partial charge in [-0.05, 0) is 26.7 Å². The maximum atomic E-state index is 12.0.